The van der Waals surface area contributed by atoms with Crippen molar-refractivity contribution in [3.05, 3.63) is 11.8 Å². The second-order valence-corrected chi connectivity index (χ2v) is 5.21. The van der Waals surface area contributed by atoms with Crippen LogP contribution in [0.5, 0.6) is 5.75 Å². The zero-order valence-electron chi connectivity index (χ0n) is 7.95. The first-order chi connectivity index (χ1) is 7.27. The monoisotopic (exact) mass is 272 g/mol. The van der Waals surface area contributed by atoms with E-state index in [-0.39, 0.29) is 5.75 Å². The van der Waals surface area contributed by atoms with E-state index in [0.29, 0.717) is 0 Å². The third-order valence-corrected chi connectivity index (χ3v) is 2.89. The Bertz CT molecular complexity index is 507. The van der Waals surface area contributed by atoms with Crippen LogP contribution < -0.4 is 10.5 Å². The van der Waals surface area contributed by atoms with Gasteiger partial charge in [-0.05, 0) is 0 Å². The van der Waals surface area contributed by atoms with Gasteiger partial charge in [-0.25, -0.2) is 22.2 Å². The van der Waals surface area contributed by atoms with Crippen LogP contribution in [-0.4, -0.2) is 20.5 Å². The molecular weight excluding hydrogens is 266 g/mol. The fraction of sp³-hybridized carbons (Fsp3) is 0.286. The van der Waals surface area contributed by atoms with Crippen molar-refractivity contribution in [3.8, 4) is 5.75 Å². The van der Waals surface area contributed by atoms with Gasteiger partial charge in [-0.2, -0.15) is 0 Å². The van der Waals surface area contributed by atoms with Gasteiger partial charge in [0.05, 0.1) is 7.11 Å². The molecule has 0 radical (unpaired) electrons. The summed E-state index contributed by atoms with van der Waals surface area (Å²) in [6, 6.07) is 0.879. The van der Waals surface area contributed by atoms with Crippen LogP contribution in [-0.2, 0) is 9.05 Å². The minimum absolute atomic E-state index is 0.218. The van der Waals surface area contributed by atoms with Crippen molar-refractivity contribution in [1.29, 1.82) is 0 Å². The number of anilines is 1. The molecule has 1 rings (SSSR count). The van der Waals surface area contributed by atoms with Crippen LogP contribution in [0.2, 0.25) is 0 Å². The molecule has 0 amide bonds. The number of halogens is 3. The van der Waals surface area contributed by atoms with E-state index >= 15 is 0 Å². The van der Waals surface area contributed by atoms with E-state index in [1.807, 2.05) is 0 Å². The summed E-state index contributed by atoms with van der Waals surface area (Å²) in [5.41, 5.74) is 4.01. The molecule has 5 nitrogen and oxygen atoms in total. The van der Waals surface area contributed by atoms with Gasteiger partial charge in [0, 0.05) is 16.7 Å². The quantitative estimate of drug-likeness (QED) is 0.844. The molecule has 1 aromatic rings. The molecule has 0 fully saturated rings. The molecular formula is C7H7ClF2N2O3S. The minimum atomic E-state index is -4.22. The van der Waals surface area contributed by atoms with Gasteiger partial charge in [0.2, 0.25) is 0 Å². The lowest BCUT2D eigenvalue weighted by atomic mass is 10.3. The Morgan fingerprint density at radius 3 is 2.50 bits per heavy atom. The zero-order valence-corrected chi connectivity index (χ0v) is 9.52. The van der Waals surface area contributed by atoms with Gasteiger partial charge in [-0.15, -0.1) is 0 Å². The highest BCUT2D eigenvalue weighted by Crippen LogP contribution is 2.33. The molecule has 16 heavy (non-hydrogen) atoms. The predicted molar refractivity (Wildman–Crippen MR) is 53.2 cm³/mol. The molecule has 0 atom stereocenters. The Balaban J connectivity index is 3.53. The summed E-state index contributed by atoms with van der Waals surface area (Å²) >= 11 is 0. The van der Waals surface area contributed by atoms with Crippen LogP contribution in [0.25, 0.3) is 0 Å². The lowest BCUT2D eigenvalue weighted by Crippen LogP contribution is -2.06. The normalized spacial score (nSPS) is 11.8. The highest BCUT2D eigenvalue weighted by atomic mass is 35.7. The fourth-order valence-electron chi connectivity index (χ4n) is 0.987. The number of nitrogens with two attached hydrogens (primary N) is 1. The van der Waals surface area contributed by atoms with Gasteiger partial charge < -0.3 is 10.5 Å². The van der Waals surface area contributed by atoms with E-state index in [0.717, 1.165) is 13.2 Å². The lowest BCUT2D eigenvalue weighted by Gasteiger charge is -2.10. The largest absolute Gasteiger partial charge is 0.494 e. The number of nitrogens with zero attached hydrogens (tertiary/aromatic N) is 1. The number of alkyl halides is 2. The average Bonchev–Trinajstić information content (AvgIpc) is 2.15. The molecule has 0 aliphatic rings. The zero-order chi connectivity index (χ0) is 12.5. The average molecular weight is 273 g/mol. The number of rotatable bonds is 3. The highest BCUT2D eigenvalue weighted by Gasteiger charge is 2.23. The summed E-state index contributed by atoms with van der Waals surface area (Å²) in [4.78, 5) is 3.18. The van der Waals surface area contributed by atoms with Crippen molar-refractivity contribution in [1.82, 2.24) is 4.98 Å². The van der Waals surface area contributed by atoms with Crippen molar-refractivity contribution >= 4 is 25.4 Å². The number of hydrogen-bond donors (Lipinski definition) is 1. The van der Waals surface area contributed by atoms with Gasteiger partial charge >= 0.3 is 0 Å². The fourth-order valence-corrected chi connectivity index (χ4v) is 1.68. The van der Waals surface area contributed by atoms with E-state index in [4.69, 9.17) is 16.4 Å². The van der Waals surface area contributed by atoms with Crippen LogP contribution in [0.1, 0.15) is 12.1 Å². The van der Waals surface area contributed by atoms with Crippen LogP contribution in [0.3, 0.4) is 0 Å². The summed E-state index contributed by atoms with van der Waals surface area (Å²) in [5, 5.41) is -0.726. The van der Waals surface area contributed by atoms with E-state index in [1.165, 1.54) is 0 Å². The Morgan fingerprint density at radius 2 is 2.12 bits per heavy atom. The molecule has 2 N–H and O–H groups in total. The molecule has 0 aromatic carbocycles. The van der Waals surface area contributed by atoms with Crippen molar-refractivity contribution in [2.45, 2.75) is 11.5 Å². The van der Waals surface area contributed by atoms with Crippen LogP contribution in [0, 0.1) is 0 Å². The number of pyridine rings is 1. The van der Waals surface area contributed by atoms with Gasteiger partial charge in [0.15, 0.2) is 5.03 Å². The van der Waals surface area contributed by atoms with Crippen molar-refractivity contribution < 1.29 is 21.9 Å². The molecule has 9 heteroatoms. The Morgan fingerprint density at radius 1 is 1.56 bits per heavy atom. The van der Waals surface area contributed by atoms with E-state index in [2.05, 4.69) is 9.72 Å². The van der Waals surface area contributed by atoms with Crippen LogP contribution in [0.15, 0.2) is 11.1 Å². The van der Waals surface area contributed by atoms with Gasteiger partial charge in [0.25, 0.3) is 15.5 Å². The molecule has 90 valence electrons. The minimum Gasteiger partial charge on any atom is -0.494 e. The van der Waals surface area contributed by atoms with E-state index in [9.17, 15) is 17.2 Å². The third-order valence-electron chi connectivity index (χ3n) is 1.70. The summed E-state index contributed by atoms with van der Waals surface area (Å²) in [7, 11) is 1.93. The maximum atomic E-state index is 12.5. The first-order valence-corrected chi connectivity index (χ1v) is 6.15. The number of aromatic nitrogens is 1. The van der Waals surface area contributed by atoms with Crippen LogP contribution >= 0.6 is 10.7 Å². The number of ether oxygens (including phenoxy) is 1. The number of hydrogen-bond acceptors (Lipinski definition) is 5. The maximum Gasteiger partial charge on any atom is 0.282 e. The Labute approximate surface area is 94.6 Å². The smallest absolute Gasteiger partial charge is 0.282 e. The molecule has 0 aliphatic heterocycles. The van der Waals surface area contributed by atoms with Crippen molar-refractivity contribution in [2.75, 3.05) is 12.8 Å². The third kappa shape index (κ3) is 2.50. The van der Waals surface area contributed by atoms with Gasteiger partial charge in [-0.1, -0.05) is 0 Å². The molecule has 0 saturated carbocycles. The summed E-state index contributed by atoms with van der Waals surface area (Å²) in [5.74, 6) is -0.218. The van der Waals surface area contributed by atoms with Crippen molar-refractivity contribution in [3.63, 3.8) is 0 Å². The van der Waals surface area contributed by atoms with Gasteiger partial charge in [0.1, 0.15) is 17.1 Å². The Hall–Kier alpha value is -1.15. The number of nitrogen functional groups attached to an aromatic ring is 1. The molecule has 1 heterocycles. The highest BCUT2D eigenvalue weighted by molar-refractivity contribution is 8.13. The molecule has 0 saturated heterocycles. The first kappa shape index (κ1) is 12.9. The SMILES string of the molecule is COc1cc(S(=O)(=O)Cl)nc(C(F)F)c1N. The number of methoxy groups -OCH3 is 1. The molecule has 0 bridgehead atoms. The van der Waals surface area contributed by atoms with E-state index in [1.54, 1.807) is 0 Å². The summed E-state index contributed by atoms with van der Waals surface area (Å²) in [6.07, 6.45) is -3.02. The van der Waals surface area contributed by atoms with Gasteiger partial charge in [-0.3, -0.25) is 0 Å². The standard InChI is InChI=1S/C7H7ClF2N2O3S/c1-15-3-2-4(16(8,13)14)12-6(5(3)11)7(9)10/h2,7H,11H2,1H3. The molecule has 1 aromatic heterocycles. The topological polar surface area (TPSA) is 82.3 Å². The molecule has 0 aliphatic carbocycles. The Kier molecular flexibility index (Phi) is 3.54. The lowest BCUT2D eigenvalue weighted by molar-refractivity contribution is 0.146. The van der Waals surface area contributed by atoms with Crippen LogP contribution in [0.4, 0.5) is 14.5 Å². The predicted octanol–water partition coefficient (Wildman–Crippen LogP) is 1.54. The maximum absolute atomic E-state index is 12.5. The molecule has 0 unspecified atom stereocenters. The second kappa shape index (κ2) is 4.38. The summed E-state index contributed by atoms with van der Waals surface area (Å²) in [6.45, 7) is 0. The molecule has 0 spiro atoms. The van der Waals surface area contributed by atoms with E-state index < -0.39 is 31.9 Å². The first-order valence-electron chi connectivity index (χ1n) is 3.84. The summed E-state index contributed by atoms with van der Waals surface area (Å²) < 4.78 is 51.5. The van der Waals surface area contributed by atoms with Crippen molar-refractivity contribution in [2.24, 2.45) is 0 Å². The second-order valence-electron chi connectivity index (χ2n) is 2.70.